The molecule has 0 unspecified atom stereocenters. The number of anilines is 3. The summed E-state index contributed by atoms with van der Waals surface area (Å²) in [5.74, 6) is -0.220. The van der Waals surface area contributed by atoms with Crippen LogP contribution in [0, 0.1) is 5.82 Å². The van der Waals surface area contributed by atoms with Gasteiger partial charge in [-0.3, -0.25) is 0 Å². The minimum absolute atomic E-state index is 0.220. The fourth-order valence-corrected chi connectivity index (χ4v) is 10.2. The third kappa shape index (κ3) is 5.32. The summed E-state index contributed by atoms with van der Waals surface area (Å²) in [7, 11) is 0. The molecule has 0 N–H and O–H groups in total. The summed E-state index contributed by atoms with van der Waals surface area (Å²) in [5.41, 5.74) is 12.1. The average molecular weight is 777 g/mol. The first-order valence-electron chi connectivity index (χ1n) is 19.8. The van der Waals surface area contributed by atoms with Crippen molar-refractivity contribution in [2.24, 2.45) is 0 Å². The van der Waals surface area contributed by atoms with Gasteiger partial charge in [0.25, 0.3) is 0 Å². The Balaban J connectivity index is 1.09. The van der Waals surface area contributed by atoms with Gasteiger partial charge in [-0.15, -0.1) is 11.3 Å². The molecule has 12 aromatic rings. The Morgan fingerprint density at radius 1 is 0.441 bits per heavy atom. The third-order valence-corrected chi connectivity index (χ3v) is 12.8. The molecule has 3 aromatic heterocycles. The summed E-state index contributed by atoms with van der Waals surface area (Å²) in [6.45, 7) is 0. The molecule has 12 rings (SSSR count). The van der Waals surface area contributed by atoms with Gasteiger partial charge in [0, 0.05) is 53.4 Å². The van der Waals surface area contributed by atoms with Crippen LogP contribution >= 0.6 is 11.3 Å². The van der Waals surface area contributed by atoms with Gasteiger partial charge in [0.2, 0.25) is 0 Å². The summed E-state index contributed by atoms with van der Waals surface area (Å²) in [4.78, 5) is 2.34. The molecule has 0 bridgehead atoms. The molecule has 0 saturated heterocycles. The lowest BCUT2D eigenvalue weighted by atomic mass is 9.93. The van der Waals surface area contributed by atoms with Crippen molar-refractivity contribution in [3.63, 3.8) is 0 Å². The summed E-state index contributed by atoms with van der Waals surface area (Å²) in [6, 6.07) is 69.6. The molecule has 5 heteroatoms. The van der Waals surface area contributed by atoms with Gasteiger partial charge in [-0.1, -0.05) is 115 Å². The highest BCUT2D eigenvalue weighted by Gasteiger charge is 2.22. The van der Waals surface area contributed by atoms with Gasteiger partial charge in [0.05, 0.1) is 22.1 Å². The second-order valence-electron chi connectivity index (χ2n) is 15.0. The number of thiophene rings is 1. The van der Waals surface area contributed by atoms with E-state index in [0.717, 1.165) is 83.4 Å². The van der Waals surface area contributed by atoms with E-state index in [1.165, 1.54) is 26.2 Å². The molecular formula is C54H33FN2OS. The Morgan fingerprint density at radius 3 is 2.02 bits per heavy atom. The van der Waals surface area contributed by atoms with Crippen molar-refractivity contribution in [3.05, 3.63) is 206 Å². The predicted molar refractivity (Wildman–Crippen MR) is 246 cm³/mol. The lowest BCUT2D eigenvalue weighted by molar-refractivity contribution is 0.640. The van der Waals surface area contributed by atoms with Crippen molar-refractivity contribution in [1.82, 2.24) is 4.57 Å². The Bertz CT molecular complexity index is 3580. The normalized spacial score (nSPS) is 11.8. The first kappa shape index (κ1) is 33.6. The van der Waals surface area contributed by atoms with Crippen molar-refractivity contribution < 1.29 is 8.81 Å². The van der Waals surface area contributed by atoms with Gasteiger partial charge in [-0.05, 0) is 107 Å². The van der Waals surface area contributed by atoms with Crippen LogP contribution in [0.25, 0.3) is 91.9 Å². The Kier molecular flexibility index (Phi) is 7.59. The molecule has 0 amide bonds. The molecule has 9 aromatic carbocycles. The number of nitrogens with zero attached hydrogens (tertiary/aromatic N) is 2. The molecule has 59 heavy (non-hydrogen) atoms. The molecule has 0 aliphatic carbocycles. The number of rotatable bonds is 6. The van der Waals surface area contributed by atoms with Gasteiger partial charge in [0.1, 0.15) is 17.0 Å². The number of aromatic nitrogens is 1. The molecular weight excluding hydrogens is 744 g/mol. The smallest absolute Gasteiger partial charge is 0.137 e. The highest BCUT2D eigenvalue weighted by molar-refractivity contribution is 7.25. The van der Waals surface area contributed by atoms with Crippen LogP contribution in [-0.2, 0) is 0 Å². The molecule has 0 fully saturated rings. The van der Waals surface area contributed by atoms with Crippen molar-refractivity contribution in [1.29, 1.82) is 0 Å². The van der Waals surface area contributed by atoms with Crippen LogP contribution in [-0.4, -0.2) is 4.57 Å². The van der Waals surface area contributed by atoms with E-state index in [4.69, 9.17) is 4.42 Å². The Hall–Kier alpha value is -7.47. The first-order chi connectivity index (χ1) is 29.2. The maximum atomic E-state index is 15.4. The molecule has 0 aliphatic heterocycles. The van der Waals surface area contributed by atoms with Crippen molar-refractivity contribution in [3.8, 4) is 27.9 Å². The van der Waals surface area contributed by atoms with Crippen LogP contribution in [0.5, 0.6) is 0 Å². The molecule has 3 heterocycles. The van der Waals surface area contributed by atoms with E-state index in [1.54, 1.807) is 6.07 Å². The zero-order valence-electron chi connectivity index (χ0n) is 31.6. The van der Waals surface area contributed by atoms with Crippen LogP contribution < -0.4 is 4.90 Å². The van der Waals surface area contributed by atoms with E-state index in [2.05, 4.69) is 155 Å². The van der Waals surface area contributed by atoms with Crippen molar-refractivity contribution in [2.45, 2.75) is 0 Å². The van der Waals surface area contributed by atoms with E-state index in [0.29, 0.717) is 5.39 Å². The SMILES string of the molecule is Fc1cccc2c1c1ccccc1n2-c1ccc(N(c2ccc(-c3ccccc3)c(-c3ccc4c(c3)sc3ccccc34)c2)c2cccc3oc4ccccc4c23)cc1. The fourth-order valence-electron chi connectivity index (χ4n) is 9.05. The van der Waals surface area contributed by atoms with Gasteiger partial charge in [-0.2, -0.15) is 0 Å². The summed E-state index contributed by atoms with van der Waals surface area (Å²) < 4.78 is 26.6. The lowest BCUT2D eigenvalue weighted by Gasteiger charge is -2.28. The molecule has 278 valence electrons. The molecule has 0 spiro atoms. The largest absolute Gasteiger partial charge is 0.456 e. The van der Waals surface area contributed by atoms with E-state index in [-0.39, 0.29) is 5.82 Å². The standard InChI is InChI=1S/C54H33FN2OS/c55-45-17-10-19-47-53(45)42-15-4-7-18-46(42)57(47)37-27-25-36(26-28-37)56(48-20-11-22-50-54(48)43-16-5-8-21-49(43)58-50)38-29-31-39(34-12-2-1-3-13-34)44(33-38)35-24-30-41-40-14-6-9-23-51(40)59-52(41)32-35/h1-33H. The van der Waals surface area contributed by atoms with Crippen molar-refractivity contribution >= 4 is 92.3 Å². The number of fused-ring (bicyclic) bond motifs is 9. The number of para-hydroxylation sites is 2. The highest BCUT2D eigenvalue weighted by atomic mass is 32.1. The molecule has 0 aliphatic rings. The van der Waals surface area contributed by atoms with E-state index in [1.807, 2.05) is 53.8 Å². The van der Waals surface area contributed by atoms with Crippen LogP contribution in [0.3, 0.4) is 0 Å². The Labute approximate surface area is 343 Å². The van der Waals surface area contributed by atoms with E-state index >= 15 is 4.39 Å². The first-order valence-corrected chi connectivity index (χ1v) is 20.6. The van der Waals surface area contributed by atoms with Gasteiger partial charge < -0.3 is 13.9 Å². The van der Waals surface area contributed by atoms with Gasteiger partial charge in [-0.25, -0.2) is 4.39 Å². The molecule has 0 atom stereocenters. The third-order valence-electron chi connectivity index (χ3n) is 11.7. The minimum atomic E-state index is -0.220. The van der Waals surface area contributed by atoms with Crippen LogP contribution in [0.4, 0.5) is 21.5 Å². The van der Waals surface area contributed by atoms with Crippen LogP contribution in [0.1, 0.15) is 0 Å². The lowest BCUT2D eigenvalue weighted by Crippen LogP contribution is -2.11. The molecule has 0 saturated carbocycles. The second-order valence-corrected chi connectivity index (χ2v) is 16.1. The summed E-state index contributed by atoms with van der Waals surface area (Å²) >= 11 is 1.84. The molecule has 3 nitrogen and oxygen atoms in total. The van der Waals surface area contributed by atoms with Gasteiger partial charge in [0.15, 0.2) is 0 Å². The predicted octanol–water partition coefficient (Wildman–Crippen LogP) is 16.0. The van der Waals surface area contributed by atoms with Crippen molar-refractivity contribution in [2.75, 3.05) is 4.90 Å². The van der Waals surface area contributed by atoms with E-state index in [9.17, 15) is 0 Å². The quantitative estimate of drug-likeness (QED) is 0.168. The fraction of sp³-hybridized carbons (Fsp3) is 0. The monoisotopic (exact) mass is 776 g/mol. The topological polar surface area (TPSA) is 21.3 Å². The second kappa shape index (κ2) is 13.3. The zero-order chi connectivity index (χ0) is 39.0. The van der Waals surface area contributed by atoms with Gasteiger partial charge >= 0.3 is 0 Å². The average Bonchev–Trinajstić information content (AvgIpc) is 3.97. The van der Waals surface area contributed by atoms with Crippen LogP contribution in [0.2, 0.25) is 0 Å². The number of hydrogen-bond donors (Lipinski definition) is 0. The maximum absolute atomic E-state index is 15.4. The summed E-state index contributed by atoms with van der Waals surface area (Å²) in [5, 5.41) is 6.20. The summed E-state index contributed by atoms with van der Waals surface area (Å²) in [6.07, 6.45) is 0. The number of hydrogen-bond acceptors (Lipinski definition) is 3. The maximum Gasteiger partial charge on any atom is 0.137 e. The Morgan fingerprint density at radius 2 is 1.14 bits per heavy atom. The number of benzene rings is 9. The number of furan rings is 1. The minimum Gasteiger partial charge on any atom is -0.456 e. The van der Waals surface area contributed by atoms with Crippen LogP contribution in [0.15, 0.2) is 205 Å². The highest BCUT2D eigenvalue weighted by Crippen LogP contribution is 2.46. The molecule has 0 radical (unpaired) electrons. The number of halogens is 1. The van der Waals surface area contributed by atoms with E-state index < -0.39 is 0 Å². The zero-order valence-corrected chi connectivity index (χ0v) is 32.5.